The van der Waals surface area contributed by atoms with E-state index in [9.17, 15) is 0 Å². The van der Waals surface area contributed by atoms with E-state index in [4.69, 9.17) is 22.0 Å². The Kier molecular flexibility index (Phi) is 7.61. The van der Waals surface area contributed by atoms with E-state index in [0.717, 1.165) is 24.0 Å². The van der Waals surface area contributed by atoms with Gasteiger partial charge in [0.25, 0.3) is 0 Å². The minimum atomic E-state index is 0.535. The topological polar surface area (TPSA) is 99.6 Å². The van der Waals surface area contributed by atoms with Gasteiger partial charge >= 0.3 is 0 Å². The van der Waals surface area contributed by atoms with Crippen LogP contribution in [-0.4, -0.2) is 0 Å². The highest BCUT2D eigenvalue weighted by Gasteiger charge is 2.03. The fourth-order valence-corrected chi connectivity index (χ4v) is 2.27. The molecule has 2 rings (SSSR count). The van der Waals surface area contributed by atoms with Gasteiger partial charge in [0.15, 0.2) is 0 Å². The lowest BCUT2D eigenvalue weighted by molar-refractivity contribution is 0.919. The number of benzene rings is 2. The smallest absolute Gasteiger partial charge is 0.102 e. The molecule has 24 heavy (non-hydrogen) atoms. The van der Waals surface area contributed by atoms with Crippen LogP contribution in [0.25, 0.3) is 6.08 Å². The van der Waals surface area contributed by atoms with Crippen molar-refractivity contribution in [3.05, 3.63) is 64.7 Å². The SMILES string of the molecule is CC=Cc1cccc(N)c1C#N.CCCc1cccc(N)c1C#N. The Morgan fingerprint density at radius 3 is 2.08 bits per heavy atom. The molecule has 0 aliphatic heterocycles. The molecule has 0 amide bonds. The van der Waals surface area contributed by atoms with E-state index < -0.39 is 0 Å². The molecule has 0 bridgehead atoms. The maximum Gasteiger partial charge on any atom is 0.102 e. The average Bonchev–Trinajstić information content (AvgIpc) is 2.57. The van der Waals surface area contributed by atoms with Crippen molar-refractivity contribution < 1.29 is 0 Å². The number of nitrogens with two attached hydrogens (primary N) is 2. The zero-order valence-electron chi connectivity index (χ0n) is 14.1. The standard InChI is InChI=1S/C10H12N2.C10H10N2/c2*1-2-4-8-5-3-6-10(12)9(8)7-11/h3,5-6H,2,4,12H2,1H3;2-6H,12H2,1H3. The molecular weight excluding hydrogens is 296 g/mol. The van der Waals surface area contributed by atoms with E-state index in [0.29, 0.717) is 22.5 Å². The van der Waals surface area contributed by atoms with Crippen molar-refractivity contribution in [3.8, 4) is 12.1 Å². The molecule has 0 aromatic heterocycles. The highest BCUT2D eigenvalue weighted by atomic mass is 14.6. The van der Waals surface area contributed by atoms with Crippen molar-refractivity contribution in [1.29, 1.82) is 10.5 Å². The first-order valence-electron chi connectivity index (χ1n) is 7.77. The number of nitrogens with zero attached hydrogens (tertiary/aromatic N) is 2. The molecule has 0 aliphatic rings. The highest BCUT2D eigenvalue weighted by molar-refractivity contribution is 5.67. The van der Waals surface area contributed by atoms with E-state index >= 15 is 0 Å². The Balaban J connectivity index is 0.000000240. The largest absolute Gasteiger partial charge is 0.398 e. The third-order valence-electron chi connectivity index (χ3n) is 3.40. The van der Waals surface area contributed by atoms with E-state index in [2.05, 4.69) is 19.1 Å². The molecule has 0 unspecified atom stereocenters. The molecule has 0 aliphatic carbocycles. The molecule has 2 aromatic rings. The Labute approximate surface area is 143 Å². The second-order valence-electron chi connectivity index (χ2n) is 5.17. The predicted molar refractivity (Wildman–Crippen MR) is 99.8 cm³/mol. The number of nitrogen functional groups attached to an aromatic ring is 2. The Morgan fingerprint density at radius 2 is 1.54 bits per heavy atom. The first-order chi connectivity index (χ1) is 11.6. The summed E-state index contributed by atoms with van der Waals surface area (Å²) in [5.41, 5.74) is 15.5. The molecule has 0 saturated carbocycles. The van der Waals surface area contributed by atoms with Gasteiger partial charge in [0.2, 0.25) is 0 Å². The summed E-state index contributed by atoms with van der Waals surface area (Å²) < 4.78 is 0. The van der Waals surface area contributed by atoms with Gasteiger partial charge < -0.3 is 11.5 Å². The van der Waals surface area contributed by atoms with Crippen LogP contribution in [0.3, 0.4) is 0 Å². The molecule has 0 fully saturated rings. The van der Waals surface area contributed by atoms with Crippen molar-refractivity contribution in [3.63, 3.8) is 0 Å². The van der Waals surface area contributed by atoms with Gasteiger partial charge in [-0.25, -0.2) is 0 Å². The third-order valence-corrected chi connectivity index (χ3v) is 3.40. The first-order valence-corrected chi connectivity index (χ1v) is 7.77. The molecule has 0 heterocycles. The minimum absolute atomic E-state index is 0.535. The van der Waals surface area contributed by atoms with Crippen molar-refractivity contribution in [2.45, 2.75) is 26.7 Å². The van der Waals surface area contributed by atoms with Gasteiger partial charge in [-0.2, -0.15) is 10.5 Å². The highest BCUT2D eigenvalue weighted by Crippen LogP contribution is 2.17. The summed E-state index contributed by atoms with van der Waals surface area (Å²) >= 11 is 0. The summed E-state index contributed by atoms with van der Waals surface area (Å²) in [6.07, 6.45) is 5.72. The van der Waals surface area contributed by atoms with Crippen molar-refractivity contribution >= 4 is 17.5 Å². The number of hydrogen-bond acceptors (Lipinski definition) is 4. The lowest BCUT2D eigenvalue weighted by atomic mass is 10.0. The van der Waals surface area contributed by atoms with Gasteiger partial charge in [-0.05, 0) is 36.6 Å². The zero-order chi connectivity index (χ0) is 17.9. The Morgan fingerprint density at radius 1 is 0.958 bits per heavy atom. The molecule has 2 aromatic carbocycles. The number of nitriles is 2. The molecule has 4 N–H and O–H groups in total. The molecule has 0 radical (unpaired) electrons. The maximum absolute atomic E-state index is 8.80. The van der Waals surface area contributed by atoms with E-state index in [1.54, 1.807) is 12.1 Å². The molecular formula is C20H22N4. The number of rotatable bonds is 3. The molecule has 0 saturated heterocycles. The Hall–Kier alpha value is -3.24. The van der Waals surface area contributed by atoms with Gasteiger partial charge in [-0.15, -0.1) is 0 Å². The van der Waals surface area contributed by atoms with Gasteiger partial charge in [-0.1, -0.05) is 49.8 Å². The fraction of sp³-hybridized carbons (Fsp3) is 0.200. The number of aryl methyl sites for hydroxylation is 1. The molecule has 0 spiro atoms. The summed E-state index contributed by atoms with van der Waals surface area (Å²) in [5, 5.41) is 17.6. The van der Waals surface area contributed by atoms with Crippen LogP contribution in [0.5, 0.6) is 0 Å². The summed E-state index contributed by atoms with van der Waals surface area (Å²) in [4.78, 5) is 0. The quantitative estimate of drug-likeness (QED) is 0.825. The summed E-state index contributed by atoms with van der Waals surface area (Å²) in [6, 6.07) is 15.2. The molecule has 0 atom stereocenters. The summed E-state index contributed by atoms with van der Waals surface area (Å²) in [7, 11) is 0. The Bertz CT molecular complexity index is 792. The maximum atomic E-state index is 8.80. The van der Waals surface area contributed by atoms with Crippen LogP contribution in [0.4, 0.5) is 11.4 Å². The van der Waals surface area contributed by atoms with Gasteiger partial charge in [0.1, 0.15) is 12.1 Å². The minimum Gasteiger partial charge on any atom is -0.398 e. The number of anilines is 2. The monoisotopic (exact) mass is 318 g/mol. The second-order valence-corrected chi connectivity index (χ2v) is 5.17. The van der Waals surface area contributed by atoms with Crippen LogP contribution in [0, 0.1) is 22.7 Å². The van der Waals surface area contributed by atoms with Crippen LogP contribution in [0.15, 0.2) is 42.5 Å². The number of allylic oxidation sites excluding steroid dienone is 1. The van der Waals surface area contributed by atoms with Gasteiger partial charge in [-0.3, -0.25) is 0 Å². The molecule has 122 valence electrons. The summed E-state index contributed by atoms with van der Waals surface area (Å²) in [5.74, 6) is 0. The van der Waals surface area contributed by atoms with Crippen LogP contribution in [-0.2, 0) is 6.42 Å². The van der Waals surface area contributed by atoms with Crippen LogP contribution in [0.1, 0.15) is 42.5 Å². The van der Waals surface area contributed by atoms with E-state index in [-0.39, 0.29) is 0 Å². The summed E-state index contributed by atoms with van der Waals surface area (Å²) in [6.45, 7) is 3.99. The van der Waals surface area contributed by atoms with Crippen molar-refractivity contribution in [1.82, 2.24) is 0 Å². The van der Waals surface area contributed by atoms with Crippen LogP contribution in [0.2, 0.25) is 0 Å². The first kappa shape index (κ1) is 18.8. The van der Waals surface area contributed by atoms with Gasteiger partial charge in [0, 0.05) is 5.69 Å². The van der Waals surface area contributed by atoms with Crippen molar-refractivity contribution in [2.75, 3.05) is 11.5 Å². The second kappa shape index (κ2) is 9.71. The van der Waals surface area contributed by atoms with Crippen molar-refractivity contribution in [2.24, 2.45) is 0 Å². The normalized spacial score (nSPS) is 9.67. The van der Waals surface area contributed by atoms with Crippen LogP contribution >= 0.6 is 0 Å². The molecule has 4 heteroatoms. The van der Waals surface area contributed by atoms with Crippen LogP contribution < -0.4 is 11.5 Å². The zero-order valence-corrected chi connectivity index (χ0v) is 14.1. The average molecular weight is 318 g/mol. The van der Waals surface area contributed by atoms with E-state index in [1.165, 1.54) is 0 Å². The molecule has 4 nitrogen and oxygen atoms in total. The number of hydrogen-bond donors (Lipinski definition) is 2. The third kappa shape index (κ3) is 4.90. The predicted octanol–water partition coefficient (Wildman–Crippen LogP) is 4.27. The van der Waals surface area contributed by atoms with E-state index in [1.807, 2.05) is 43.3 Å². The lowest BCUT2D eigenvalue weighted by Crippen LogP contribution is -1.95. The van der Waals surface area contributed by atoms with Gasteiger partial charge in [0.05, 0.1) is 16.8 Å². The lowest BCUT2D eigenvalue weighted by Gasteiger charge is -2.03. The fourth-order valence-electron chi connectivity index (χ4n) is 2.27.